The van der Waals surface area contributed by atoms with Gasteiger partial charge in [-0.05, 0) is 50.2 Å². The number of nitrogens with zero attached hydrogens (tertiary/aromatic N) is 2. The van der Waals surface area contributed by atoms with Crippen molar-refractivity contribution in [2.75, 3.05) is 17.2 Å². The summed E-state index contributed by atoms with van der Waals surface area (Å²) < 4.78 is 33.4. The highest BCUT2D eigenvalue weighted by Gasteiger charge is 2.24. The third kappa shape index (κ3) is 3.68. The Morgan fingerprint density at radius 3 is 2.37 bits per heavy atom. The highest BCUT2D eigenvalue weighted by atomic mass is 32.2. The molecule has 6 nitrogen and oxygen atoms in total. The number of sulfonamides is 1. The molecule has 1 heterocycles. The number of carbonyl (C=O) groups is 1. The highest BCUT2D eigenvalue weighted by molar-refractivity contribution is 7.92. The maximum absolute atomic E-state index is 12.6. The minimum atomic E-state index is -3.57. The molecule has 0 aliphatic rings. The van der Waals surface area contributed by atoms with E-state index in [1.165, 1.54) is 10.6 Å². The molecule has 7 heteroatoms. The maximum Gasteiger partial charge on any atom is 0.338 e. The number of para-hydroxylation sites is 1. The summed E-state index contributed by atoms with van der Waals surface area (Å²) in [7, 11) is -3.57. The Balaban J connectivity index is 2.21. The molecule has 0 unspecified atom stereocenters. The van der Waals surface area contributed by atoms with E-state index in [9.17, 15) is 13.2 Å². The second kappa shape index (κ2) is 7.44. The number of aromatic nitrogens is 1. The molecule has 0 atom stereocenters. The number of rotatable bonds is 6. The van der Waals surface area contributed by atoms with E-state index >= 15 is 0 Å². The third-order valence-corrected chi connectivity index (χ3v) is 5.30. The number of hydrogen-bond donors (Lipinski definition) is 0. The van der Waals surface area contributed by atoms with Crippen LogP contribution in [0.1, 0.15) is 24.2 Å². The second-order valence-electron chi connectivity index (χ2n) is 6.10. The lowest BCUT2D eigenvalue weighted by Crippen LogP contribution is -2.26. The Labute approximate surface area is 159 Å². The fourth-order valence-corrected chi connectivity index (χ4v) is 4.15. The summed E-state index contributed by atoms with van der Waals surface area (Å²) >= 11 is 0. The van der Waals surface area contributed by atoms with E-state index in [1.807, 2.05) is 23.6 Å². The van der Waals surface area contributed by atoms with Crippen LogP contribution in [0.3, 0.4) is 0 Å². The zero-order valence-electron chi connectivity index (χ0n) is 15.5. The summed E-state index contributed by atoms with van der Waals surface area (Å²) in [4.78, 5) is 12.0. The van der Waals surface area contributed by atoms with Gasteiger partial charge in [-0.2, -0.15) is 0 Å². The van der Waals surface area contributed by atoms with Gasteiger partial charge in [-0.1, -0.05) is 18.2 Å². The average Bonchev–Trinajstić information content (AvgIpc) is 2.98. The molecule has 3 rings (SSSR count). The molecule has 0 fully saturated rings. The van der Waals surface area contributed by atoms with Gasteiger partial charge in [0.1, 0.15) is 5.82 Å². The number of benzene rings is 2. The number of carbonyl (C=O) groups excluding carboxylic acids is 1. The molecule has 27 heavy (non-hydrogen) atoms. The van der Waals surface area contributed by atoms with Crippen molar-refractivity contribution in [3.63, 3.8) is 0 Å². The van der Waals surface area contributed by atoms with E-state index in [2.05, 4.69) is 0 Å². The van der Waals surface area contributed by atoms with Crippen LogP contribution >= 0.6 is 0 Å². The van der Waals surface area contributed by atoms with Crippen LogP contribution in [0.25, 0.3) is 10.9 Å². The van der Waals surface area contributed by atoms with E-state index in [0.29, 0.717) is 30.2 Å². The molecule has 0 radical (unpaired) electrons. The molecule has 142 valence electrons. The van der Waals surface area contributed by atoms with Gasteiger partial charge >= 0.3 is 5.97 Å². The Hall–Kier alpha value is -2.80. The quantitative estimate of drug-likeness (QED) is 0.602. The van der Waals surface area contributed by atoms with Crippen LogP contribution < -0.4 is 4.31 Å². The first-order valence-electron chi connectivity index (χ1n) is 8.72. The minimum Gasteiger partial charge on any atom is -0.462 e. The molecular formula is C20H22N2O4S. The predicted molar refractivity (Wildman–Crippen MR) is 107 cm³/mol. The fourth-order valence-electron chi connectivity index (χ4n) is 3.16. The largest absolute Gasteiger partial charge is 0.462 e. The molecule has 3 aromatic rings. The number of hydrogen-bond acceptors (Lipinski definition) is 4. The molecule has 0 amide bonds. The molecule has 2 aromatic carbocycles. The van der Waals surface area contributed by atoms with Gasteiger partial charge in [0.15, 0.2) is 0 Å². The molecule has 0 saturated carbocycles. The van der Waals surface area contributed by atoms with Gasteiger partial charge < -0.3 is 9.30 Å². The summed E-state index contributed by atoms with van der Waals surface area (Å²) in [5.74, 6) is 0.135. The lowest BCUT2D eigenvalue weighted by Gasteiger charge is -2.23. The Morgan fingerprint density at radius 1 is 1.07 bits per heavy atom. The highest BCUT2D eigenvalue weighted by Crippen LogP contribution is 2.34. The molecule has 1 aromatic heterocycles. The van der Waals surface area contributed by atoms with Gasteiger partial charge in [0, 0.05) is 17.4 Å². The molecule has 0 aliphatic carbocycles. The monoisotopic (exact) mass is 386 g/mol. The van der Waals surface area contributed by atoms with Crippen LogP contribution in [-0.4, -0.2) is 31.8 Å². The maximum atomic E-state index is 12.6. The summed E-state index contributed by atoms with van der Waals surface area (Å²) in [5, 5.41) is 0.780. The first kappa shape index (κ1) is 19.0. The van der Waals surface area contributed by atoms with Crippen molar-refractivity contribution in [2.45, 2.75) is 20.4 Å². The van der Waals surface area contributed by atoms with Gasteiger partial charge in [0.25, 0.3) is 0 Å². The van der Waals surface area contributed by atoms with Crippen LogP contribution in [0.5, 0.6) is 0 Å². The van der Waals surface area contributed by atoms with Crippen molar-refractivity contribution in [1.29, 1.82) is 0 Å². The number of fused-ring (bicyclic) bond motifs is 1. The fraction of sp³-hybridized carbons (Fsp3) is 0.250. The molecular weight excluding hydrogens is 364 g/mol. The van der Waals surface area contributed by atoms with Crippen LogP contribution in [0, 0.1) is 0 Å². The topological polar surface area (TPSA) is 68.6 Å². The van der Waals surface area contributed by atoms with Crippen LogP contribution in [-0.2, 0) is 21.3 Å². The average molecular weight is 386 g/mol. The standard InChI is InChI=1S/C20H22N2O4S/c1-4-21-18-12-11-15(20(23)26-5-2)13-16(18)14-19(21)22(27(3,24)25)17-9-7-6-8-10-17/h6-14H,4-5H2,1-3H3. The summed E-state index contributed by atoms with van der Waals surface area (Å²) in [6.07, 6.45) is 1.18. The van der Waals surface area contributed by atoms with Crippen molar-refractivity contribution >= 4 is 38.4 Å². The van der Waals surface area contributed by atoms with Crippen molar-refractivity contribution in [2.24, 2.45) is 0 Å². The van der Waals surface area contributed by atoms with E-state index < -0.39 is 16.0 Å². The zero-order chi connectivity index (χ0) is 19.6. The van der Waals surface area contributed by atoms with Gasteiger partial charge in [-0.15, -0.1) is 0 Å². The second-order valence-corrected chi connectivity index (χ2v) is 7.93. The van der Waals surface area contributed by atoms with Gasteiger partial charge in [-0.25, -0.2) is 17.5 Å². The van der Waals surface area contributed by atoms with E-state index in [1.54, 1.807) is 49.4 Å². The first-order chi connectivity index (χ1) is 12.9. The smallest absolute Gasteiger partial charge is 0.338 e. The first-order valence-corrected chi connectivity index (χ1v) is 10.6. The van der Waals surface area contributed by atoms with Gasteiger partial charge in [0.2, 0.25) is 10.0 Å². The zero-order valence-corrected chi connectivity index (χ0v) is 16.4. The Kier molecular flexibility index (Phi) is 5.23. The lowest BCUT2D eigenvalue weighted by atomic mass is 10.1. The van der Waals surface area contributed by atoms with Crippen LogP contribution in [0.2, 0.25) is 0 Å². The number of ether oxygens (including phenoxy) is 1. The molecule has 0 bridgehead atoms. The number of anilines is 2. The summed E-state index contributed by atoms with van der Waals surface area (Å²) in [6, 6.07) is 16.0. The van der Waals surface area contributed by atoms with E-state index in [0.717, 1.165) is 10.9 Å². The normalized spacial score (nSPS) is 11.5. The molecule has 0 spiro atoms. The molecule has 0 saturated heterocycles. The van der Waals surface area contributed by atoms with Crippen molar-refractivity contribution < 1.29 is 17.9 Å². The molecule has 0 N–H and O–H groups in total. The van der Waals surface area contributed by atoms with Crippen molar-refractivity contribution in [3.8, 4) is 0 Å². The van der Waals surface area contributed by atoms with Gasteiger partial charge in [-0.3, -0.25) is 0 Å². The van der Waals surface area contributed by atoms with E-state index in [-0.39, 0.29) is 0 Å². The lowest BCUT2D eigenvalue weighted by molar-refractivity contribution is 0.0526. The van der Waals surface area contributed by atoms with Gasteiger partial charge in [0.05, 0.1) is 24.1 Å². The number of aryl methyl sites for hydroxylation is 1. The van der Waals surface area contributed by atoms with Crippen LogP contribution in [0.4, 0.5) is 11.5 Å². The SMILES string of the molecule is CCOC(=O)c1ccc2c(c1)cc(N(c1ccccc1)S(C)(=O)=O)n2CC. The number of esters is 1. The van der Waals surface area contributed by atoms with Crippen molar-refractivity contribution in [3.05, 3.63) is 60.2 Å². The molecule has 0 aliphatic heterocycles. The Bertz CT molecular complexity index is 1070. The predicted octanol–water partition coefficient (Wildman–Crippen LogP) is 3.94. The van der Waals surface area contributed by atoms with E-state index in [4.69, 9.17) is 4.74 Å². The Morgan fingerprint density at radius 2 is 1.78 bits per heavy atom. The third-order valence-electron chi connectivity index (χ3n) is 4.24. The van der Waals surface area contributed by atoms with Crippen molar-refractivity contribution in [1.82, 2.24) is 4.57 Å². The van der Waals surface area contributed by atoms with Crippen LogP contribution in [0.15, 0.2) is 54.6 Å². The minimum absolute atomic E-state index is 0.300. The summed E-state index contributed by atoms with van der Waals surface area (Å²) in [5.41, 5.74) is 1.85. The summed E-state index contributed by atoms with van der Waals surface area (Å²) in [6.45, 7) is 4.59.